The molecule has 1 aromatic rings. The maximum absolute atomic E-state index is 9.24. The van der Waals surface area contributed by atoms with Crippen molar-refractivity contribution < 1.29 is 14.3 Å². The molecule has 5 heteroatoms. The Balaban J connectivity index is 2.07. The minimum atomic E-state index is -0.479. The van der Waals surface area contributed by atoms with Crippen LogP contribution < -0.4 is 5.32 Å². The molecule has 0 aliphatic carbocycles. The molecule has 0 aliphatic rings. The Morgan fingerprint density at radius 2 is 2.62 bits per heavy atom. The number of nitrogens with zero attached hydrogens (tertiary/aromatic N) is 1. The molecular weight excluding hydrogens is 172 g/mol. The monoisotopic (exact) mass is 186 g/mol. The van der Waals surface area contributed by atoms with Gasteiger partial charge in [0.05, 0.1) is 25.5 Å². The third-order valence-corrected chi connectivity index (χ3v) is 1.52. The molecule has 2 N–H and O–H groups in total. The highest BCUT2D eigenvalue weighted by atomic mass is 16.5. The van der Waals surface area contributed by atoms with Gasteiger partial charge in [-0.1, -0.05) is 0 Å². The van der Waals surface area contributed by atoms with E-state index in [-0.39, 0.29) is 0 Å². The van der Waals surface area contributed by atoms with Gasteiger partial charge >= 0.3 is 0 Å². The average Bonchev–Trinajstić information content (AvgIpc) is 2.57. The fourth-order valence-corrected chi connectivity index (χ4v) is 0.943. The first-order valence-electron chi connectivity index (χ1n) is 4.08. The molecule has 1 atom stereocenters. The van der Waals surface area contributed by atoms with Crippen LogP contribution in [0.25, 0.3) is 0 Å². The number of oxazole rings is 1. The van der Waals surface area contributed by atoms with Crippen molar-refractivity contribution in [3.63, 3.8) is 0 Å². The lowest BCUT2D eigenvalue weighted by molar-refractivity contribution is 0.0641. The zero-order chi connectivity index (χ0) is 9.52. The van der Waals surface area contributed by atoms with E-state index in [2.05, 4.69) is 10.3 Å². The minimum absolute atomic E-state index is 0.337. The molecule has 0 aliphatic heterocycles. The van der Waals surface area contributed by atoms with Crippen molar-refractivity contribution in [3.8, 4) is 0 Å². The molecule has 0 saturated heterocycles. The van der Waals surface area contributed by atoms with Crippen molar-refractivity contribution in [1.29, 1.82) is 0 Å². The second-order valence-electron chi connectivity index (χ2n) is 2.71. The zero-order valence-electron chi connectivity index (χ0n) is 7.56. The highest BCUT2D eigenvalue weighted by molar-refractivity contribution is 4.87. The summed E-state index contributed by atoms with van der Waals surface area (Å²) < 4.78 is 9.75. The molecule has 0 aromatic carbocycles. The van der Waals surface area contributed by atoms with E-state index in [1.54, 1.807) is 13.3 Å². The van der Waals surface area contributed by atoms with Crippen molar-refractivity contribution >= 4 is 0 Å². The van der Waals surface area contributed by atoms with Crippen LogP contribution in [0.5, 0.6) is 0 Å². The highest BCUT2D eigenvalue weighted by Crippen LogP contribution is 1.94. The van der Waals surface area contributed by atoms with Crippen LogP contribution in [0.15, 0.2) is 17.0 Å². The van der Waals surface area contributed by atoms with E-state index in [1.165, 1.54) is 6.39 Å². The molecular formula is C8H14N2O3. The Hall–Kier alpha value is -0.910. The first-order valence-corrected chi connectivity index (χ1v) is 4.08. The fraction of sp³-hybridized carbons (Fsp3) is 0.625. The van der Waals surface area contributed by atoms with Crippen molar-refractivity contribution in [2.24, 2.45) is 0 Å². The van der Waals surface area contributed by atoms with Gasteiger partial charge in [0.15, 0.2) is 6.39 Å². The normalized spacial score (nSPS) is 13.1. The smallest absolute Gasteiger partial charge is 0.180 e. The van der Waals surface area contributed by atoms with Gasteiger partial charge in [-0.25, -0.2) is 4.98 Å². The second kappa shape index (κ2) is 5.69. The van der Waals surface area contributed by atoms with E-state index < -0.39 is 6.10 Å². The van der Waals surface area contributed by atoms with Crippen LogP contribution in [0.2, 0.25) is 0 Å². The van der Waals surface area contributed by atoms with Gasteiger partial charge in [0.25, 0.3) is 0 Å². The molecule has 74 valence electrons. The van der Waals surface area contributed by atoms with Gasteiger partial charge in [-0.2, -0.15) is 0 Å². The Morgan fingerprint density at radius 3 is 3.23 bits per heavy atom. The van der Waals surface area contributed by atoms with Crippen LogP contribution in [-0.2, 0) is 11.3 Å². The van der Waals surface area contributed by atoms with Gasteiger partial charge in [0.2, 0.25) is 0 Å². The quantitative estimate of drug-likeness (QED) is 0.642. The number of aliphatic hydroxyl groups excluding tert-OH is 1. The molecule has 1 unspecified atom stereocenters. The largest absolute Gasteiger partial charge is 0.447 e. The van der Waals surface area contributed by atoms with Crippen LogP contribution >= 0.6 is 0 Å². The van der Waals surface area contributed by atoms with Gasteiger partial charge < -0.3 is 19.6 Å². The van der Waals surface area contributed by atoms with Gasteiger partial charge in [-0.05, 0) is 0 Å². The number of hydrogen-bond acceptors (Lipinski definition) is 5. The summed E-state index contributed by atoms with van der Waals surface area (Å²) in [6.07, 6.45) is 2.53. The summed E-state index contributed by atoms with van der Waals surface area (Å²) in [4.78, 5) is 3.76. The third kappa shape index (κ3) is 4.02. The van der Waals surface area contributed by atoms with E-state index in [9.17, 15) is 5.11 Å². The number of rotatable bonds is 6. The van der Waals surface area contributed by atoms with Crippen LogP contribution in [0.1, 0.15) is 5.76 Å². The van der Waals surface area contributed by atoms with Crippen molar-refractivity contribution in [2.75, 3.05) is 20.3 Å². The molecule has 0 amide bonds. The van der Waals surface area contributed by atoms with Gasteiger partial charge in [0.1, 0.15) is 5.76 Å². The van der Waals surface area contributed by atoms with E-state index >= 15 is 0 Å². The summed E-state index contributed by atoms with van der Waals surface area (Å²) in [5, 5.41) is 12.3. The number of aromatic nitrogens is 1. The minimum Gasteiger partial charge on any atom is -0.447 e. The second-order valence-corrected chi connectivity index (χ2v) is 2.71. The van der Waals surface area contributed by atoms with E-state index in [1.807, 2.05) is 0 Å². The summed E-state index contributed by atoms with van der Waals surface area (Å²) in [6, 6.07) is 0. The average molecular weight is 186 g/mol. The summed E-state index contributed by atoms with van der Waals surface area (Å²) in [7, 11) is 1.56. The number of ether oxygens (including phenoxy) is 1. The van der Waals surface area contributed by atoms with Crippen molar-refractivity contribution in [3.05, 3.63) is 18.4 Å². The molecule has 1 aromatic heterocycles. The summed E-state index contributed by atoms with van der Waals surface area (Å²) in [6.45, 7) is 1.39. The number of methoxy groups -OCH3 is 1. The molecule has 0 fully saturated rings. The van der Waals surface area contributed by atoms with Crippen molar-refractivity contribution in [1.82, 2.24) is 10.3 Å². The highest BCUT2D eigenvalue weighted by Gasteiger charge is 2.02. The van der Waals surface area contributed by atoms with E-state index in [0.29, 0.717) is 19.7 Å². The molecule has 1 heterocycles. The van der Waals surface area contributed by atoms with Gasteiger partial charge in [-0.15, -0.1) is 0 Å². The molecule has 0 spiro atoms. The van der Waals surface area contributed by atoms with Crippen molar-refractivity contribution in [2.45, 2.75) is 12.6 Å². The molecule has 13 heavy (non-hydrogen) atoms. The van der Waals surface area contributed by atoms with Crippen LogP contribution in [0.3, 0.4) is 0 Å². The predicted octanol–water partition coefficient (Wildman–Crippen LogP) is -0.229. The SMILES string of the molecule is COCC(O)CNCc1cnco1. The number of hydrogen-bond donors (Lipinski definition) is 2. The first kappa shape index (κ1) is 10.2. The van der Waals surface area contributed by atoms with E-state index in [0.717, 1.165) is 5.76 Å². The van der Waals surface area contributed by atoms with Crippen LogP contribution in [0, 0.1) is 0 Å². The summed E-state index contributed by atoms with van der Waals surface area (Å²) in [5.41, 5.74) is 0. The topological polar surface area (TPSA) is 67.5 Å². The lowest BCUT2D eigenvalue weighted by atomic mass is 10.3. The number of aliphatic hydroxyl groups is 1. The Kier molecular flexibility index (Phi) is 4.45. The van der Waals surface area contributed by atoms with Crippen LogP contribution in [-0.4, -0.2) is 36.5 Å². The number of nitrogens with one attached hydrogen (secondary N) is 1. The lowest BCUT2D eigenvalue weighted by Crippen LogP contribution is -2.29. The van der Waals surface area contributed by atoms with Gasteiger partial charge in [-0.3, -0.25) is 0 Å². The molecule has 5 nitrogen and oxygen atoms in total. The van der Waals surface area contributed by atoms with Crippen LogP contribution in [0.4, 0.5) is 0 Å². The standard InChI is InChI=1S/C8H14N2O3/c1-12-5-7(11)2-9-3-8-4-10-6-13-8/h4,6-7,9,11H,2-3,5H2,1H3. The molecule has 0 radical (unpaired) electrons. The molecule has 0 bridgehead atoms. The summed E-state index contributed by atoms with van der Waals surface area (Å²) in [5.74, 6) is 0.754. The first-order chi connectivity index (χ1) is 6.33. The summed E-state index contributed by atoms with van der Waals surface area (Å²) >= 11 is 0. The third-order valence-electron chi connectivity index (χ3n) is 1.52. The predicted molar refractivity (Wildman–Crippen MR) is 46.1 cm³/mol. The zero-order valence-corrected chi connectivity index (χ0v) is 7.56. The van der Waals surface area contributed by atoms with E-state index in [4.69, 9.17) is 9.15 Å². The maximum atomic E-state index is 9.24. The van der Waals surface area contributed by atoms with Gasteiger partial charge in [0, 0.05) is 13.7 Å². The fourth-order valence-electron chi connectivity index (χ4n) is 0.943. The Bertz CT molecular complexity index is 213. The molecule has 1 rings (SSSR count). The maximum Gasteiger partial charge on any atom is 0.180 e. The lowest BCUT2D eigenvalue weighted by Gasteiger charge is -2.08. The Labute approximate surface area is 76.7 Å². The molecule has 0 saturated carbocycles. The Morgan fingerprint density at radius 1 is 1.77 bits per heavy atom.